The molecule has 0 radical (unpaired) electrons. The van der Waals surface area contributed by atoms with Crippen LogP contribution in [0.5, 0.6) is 0 Å². The topological polar surface area (TPSA) is 75.6 Å². The number of aryl methyl sites for hydroxylation is 1. The number of aliphatic hydroxyl groups excluding tert-OH is 1. The molecule has 1 aliphatic rings. The molecule has 2 unspecified atom stereocenters. The van der Waals surface area contributed by atoms with E-state index in [1.165, 1.54) is 6.07 Å². The van der Waals surface area contributed by atoms with Gasteiger partial charge >= 0.3 is 0 Å². The molecule has 2 atom stereocenters. The Morgan fingerprint density at radius 3 is 2.80 bits per heavy atom. The highest BCUT2D eigenvalue weighted by Crippen LogP contribution is 2.21. The van der Waals surface area contributed by atoms with Gasteiger partial charge in [0, 0.05) is 19.1 Å². The van der Waals surface area contributed by atoms with Crippen LogP contribution in [0.3, 0.4) is 0 Å². The lowest BCUT2D eigenvalue weighted by atomic mass is 10.0. The summed E-state index contributed by atoms with van der Waals surface area (Å²) in [5.74, 6) is 0.215. The Balaban J connectivity index is 2.10. The van der Waals surface area contributed by atoms with E-state index in [4.69, 9.17) is 4.74 Å². The first kappa shape index (κ1) is 15.4. The van der Waals surface area contributed by atoms with E-state index in [2.05, 4.69) is 4.72 Å². The second-order valence-electron chi connectivity index (χ2n) is 5.22. The van der Waals surface area contributed by atoms with Crippen molar-refractivity contribution in [3.63, 3.8) is 0 Å². The molecular weight excluding hydrogens is 278 g/mol. The van der Waals surface area contributed by atoms with Gasteiger partial charge < -0.3 is 9.84 Å². The van der Waals surface area contributed by atoms with Crippen LogP contribution < -0.4 is 4.72 Å². The SMILES string of the molecule is Cc1ccc(S(=O)(=O)NCC2CCOC2C)cc1CO. The summed E-state index contributed by atoms with van der Waals surface area (Å²) in [6, 6.07) is 4.79. The van der Waals surface area contributed by atoms with E-state index in [0.717, 1.165) is 12.0 Å². The third-order valence-electron chi connectivity index (χ3n) is 3.87. The highest BCUT2D eigenvalue weighted by Gasteiger charge is 2.26. The largest absolute Gasteiger partial charge is 0.392 e. The molecule has 1 aliphatic heterocycles. The van der Waals surface area contributed by atoms with E-state index in [0.29, 0.717) is 18.7 Å². The van der Waals surface area contributed by atoms with Crippen LogP contribution in [0.2, 0.25) is 0 Å². The van der Waals surface area contributed by atoms with Crippen molar-refractivity contribution in [2.24, 2.45) is 5.92 Å². The van der Waals surface area contributed by atoms with Gasteiger partial charge in [0.15, 0.2) is 0 Å². The molecule has 5 nitrogen and oxygen atoms in total. The molecule has 0 aliphatic carbocycles. The van der Waals surface area contributed by atoms with Gasteiger partial charge in [-0.2, -0.15) is 0 Å². The molecule has 112 valence electrons. The number of ether oxygens (including phenoxy) is 1. The Bertz CT molecular complexity index is 571. The fraction of sp³-hybridized carbons (Fsp3) is 0.571. The lowest BCUT2D eigenvalue weighted by Crippen LogP contribution is -2.32. The first-order valence-corrected chi connectivity index (χ1v) is 8.24. The average Bonchev–Trinajstić information content (AvgIpc) is 2.82. The predicted octanol–water partition coefficient (Wildman–Crippen LogP) is 1.19. The van der Waals surface area contributed by atoms with Gasteiger partial charge in [0.05, 0.1) is 17.6 Å². The standard InChI is InChI=1S/C14H21NO4S/c1-10-3-4-14(7-13(10)9-16)20(17,18)15-8-12-5-6-19-11(12)2/h3-4,7,11-12,15-16H,5-6,8-9H2,1-2H3. The van der Waals surface area contributed by atoms with Crippen molar-refractivity contribution in [3.05, 3.63) is 29.3 Å². The van der Waals surface area contributed by atoms with E-state index in [-0.39, 0.29) is 23.5 Å². The molecule has 1 saturated heterocycles. The molecule has 0 bridgehead atoms. The molecule has 2 rings (SSSR count). The fourth-order valence-electron chi connectivity index (χ4n) is 2.33. The van der Waals surface area contributed by atoms with Crippen molar-refractivity contribution < 1.29 is 18.3 Å². The fourth-order valence-corrected chi connectivity index (χ4v) is 3.47. The van der Waals surface area contributed by atoms with Gasteiger partial charge in [0.25, 0.3) is 0 Å². The summed E-state index contributed by atoms with van der Waals surface area (Å²) in [5.41, 5.74) is 1.51. The van der Waals surface area contributed by atoms with Crippen molar-refractivity contribution in [3.8, 4) is 0 Å². The highest BCUT2D eigenvalue weighted by atomic mass is 32.2. The minimum absolute atomic E-state index is 0.0868. The zero-order valence-corrected chi connectivity index (χ0v) is 12.6. The second kappa shape index (κ2) is 6.22. The summed E-state index contributed by atoms with van der Waals surface area (Å²) in [5, 5.41) is 9.21. The number of sulfonamides is 1. The number of hydrogen-bond acceptors (Lipinski definition) is 4. The smallest absolute Gasteiger partial charge is 0.240 e. The van der Waals surface area contributed by atoms with Gasteiger partial charge in [-0.05, 0) is 43.5 Å². The highest BCUT2D eigenvalue weighted by molar-refractivity contribution is 7.89. The number of nitrogens with one attached hydrogen (secondary N) is 1. The molecule has 1 aromatic rings. The first-order valence-electron chi connectivity index (χ1n) is 6.75. The van der Waals surface area contributed by atoms with Gasteiger partial charge in [-0.25, -0.2) is 13.1 Å². The van der Waals surface area contributed by atoms with Gasteiger partial charge in [-0.1, -0.05) is 6.07 Å². The molecule has 2 N–H and O–H groups in total. The first-order chi connectivity index (χ1) is 9.44. The second-order valence-corrected chi connectivity index (χ2v) is 6.99. The summed E-state index contributed by atoms with van der Waals surface area (Å²) in [6.07, 6.45) is 0.961. The van der Waals surface area contributed by atoms with E-state index in [9.17, 15) is 13.5 Å². The van der Waals surface area contributed by atoms with Gasteiger partial charge in [-0.15, -0.1) is 0 Å². The summed E-state index contributed by atoms with van der Waals surface area (Å²) >= 11 is 0. The van der Waals surface area contributed by atoms with Crippen molar-refractivity contribution in [2.45, 2.75) is 37.9 Å². The number of hydrogen-bond donors (Lipinski definition) is 2. The number of rotatable bonds is 5. The van der Waals surface area contributed by atoms with Crippen molar-refractivity contribution in [2.75, 3.05) is 13.2 Å². The van der Waals surface area contributed by atoms with Gasteiger partial charge in [-0.3, -0.25) is 0 Å². The average molecular weight is 299 g/mol. The third-order valence-corrected chi connectivity index (χ3v) is 5.29. The summed E-state index contributed by atoms with van der Waals surface area (Å²) in [7, 11) is -3.54. The third kappa shape index (κ3) is 3.38. The Morgan fingerprint density at radius 1 is 1.45 bits per heavy atom. The number of benzene rings is 1. The van der Waals surface area contributed by atoms with Crippen molar-refractivity contribution >= 4 is 10.0 Å². The normalized spacial score (nSPS) is 23.1. The zero-order chi connectivity index (χ0) is 14.8. The van der Waals surface area contributed by atoms with Crippen LogP contribution in [0.15, 0.2) is 23.1 Å². The maximum Gasteiger partial charge on any atom is 0.240 e. The molecule has 1 aromatic carbocycles. The minimum Gasteiger partial charge on any atom is -0.392 e. The maximum atomic E-state index is 12.2. The lowest BCUT2D eigenvalue weighted by Gasteiger charge is -2.15. The monoisotopic (exact) mass is 299 g/mol. The maximum absolute atomic E-state index is 12.2. The molecule has 0 amide bonds. The molecule has 6 heteroatoms. The predicted molar refractivity (Wildman–Crippen MR) is 75.8 cm³/mol. The van der Waals surface area contributed by atoms with Crippen LogP contribution in [0.4, 0.5) is 0 Å². The quantitative estimate of drug-likeness (QED) is 0.856. The van der Waals surface area contributed by atoms with Crippen LogP contribution in [-0.2, 0) is 21.4 Å². The molecule has 1 fully saturated rings. The van der Waals surface area contributed by atoms with Gasteiger partial charge in [0.2, 0.25) is 10.0 Å². The molecule has 0 saturated carbocycles. The van der Waals surface area contributed by atoms with E-state index < -0.39 is 10.0 Å². The molecular formula is C14H21NO4S. The van der Waals surface area contributed by atoms with Crippen LogP contribution >= 0.6 is 0 Å². The number of aliphatic hydroxyl groups is 1. The summed E-state index contributed by atoms with van der Waals surface area (Å²) in [4.78, 5) is 0.193. The van der Waals surface area contributed by atoms with Gasteiger partial charge in [0.1, 0.15) is 0 Å². The minimum atomic E-state index is -3.54. The van der Waals surface area contributed by atoms with Crippen LogP contribution in [-0.4, -0.2) is 32.8 Å². The van der Waals surface area contributed by atoms with Crippen molar-refractivity contribution in [1.82, 2.24) is 4.72 Å². The van der Waals surface area contributed by atoms with Crippen molar-refractivity contribution in [1.29, 1.82) is 0 Å². The van der Waals surface area contributed by atoms with E-state index in [1.807, 2.05) is 13.8 Å². The van der Waals surface area contributed by atoms with Crippen LogP contribution in [0.25, 0.3) is 0 Å². The van der Waals surface area contributed by atoms with Crippen LogP contribution in [0.1, 0.15) is 24.5 Å². The Kier molecular flexibility index (Phi) is 4.80. The Labute approximate surface area is 120 Å². The van der Waals surface area contributed by atoms with E-state index in [1.54, 1.807) is 12.1 Å². The van der Waals surface area contributed by atoms with Crippen LogP contribution in [0, 0.1) is 12.8 Å². The zero-order valence-electron chi connectivity index (χ0n) is 11.8. The Morgan fingerprint density at radius 2 is 2.20 bits per heavy atom. The Hall–Kier alpha value is -0.950. The lowest BCUT2D eigenvalue weighted by molar-refractivity contribution is 0.107. The molecule has 1 heterocycles. The summed E-state index contributed by atoms with van der Waals surface area (Å²) < 4.78 is 32.5. The molecule has 20 heavy (non-hydrogen) atoms. The molecule has 0 spiro atoms. The molecule has 0 aromatic heterocycles. The summed E-state index contributed by atoms with van der Waals surface area (Å²) in [6.45, 7) is 4.70. The van der Waals surface area contributed by atoms with E-state index >= 15 is 0 Å².